The lowest BCUT2D eigenvalue weighted by Gasteiger charge is -2.04. The predicted octanol–water partition coefficient (Wildman–Crippen LogP) is 1.53. The molecule has 78 valence electrons. The SMILES string of the molecule is C/C=C(/C)C(=O)OC/C(=C/C)C(=O)O. The first-order valence-corrected chi connectivity index (χ1v) is 4.21. The minimum absolute atomic E-state index is 0.0715. The summed E-state index contributed by atoms with van der Waals surface area (Å²) >= 11 is 0. The molecule has 0 aliphatic heterocycles. The smallest absolute Gasteiger partial charge is 0.334 e. The van der Waals surface area contributed by atoms with Gasteiger partial charge in [-0.2, -0.15) is 0 Å². The molecule has 0 amide bonds. The number of allylic oxidation sites excluding steroid dienone is 2. The number of aliphatic carboxylic acids is 1. The summed E-state index contributed by atoms with van der Waals surface area (Å²) < 4.78 is 4.75. The van der Waals surface area contributed by atoms with Crippen LogP contribution in [0.4, 0.5) is 0 Å². The molecule has 0 aromatic carbocycles. The van der Waals surface area contributed by atoms with Crippen molar-refractivity contribution in [2.24, 2.45) is 0 Å². The van der Waals surface area contributed by atoms with E-state index in [0.29, 0.717) is 5.57 Å². The number of carbonyl (C=O) groups excluding carboxylic acids is 1. The van der Waals surface area contributed by atoms with Crippen LogP contribution in [0, 0.1) is 0 Å². The molecule has 4 nitrogen and oxygen atoms in total. The highest BCUT2D eigenvalue weighted by Gasteiger charge is 2.10. The van der Waals surface area contributed by atoms with Gasteiger partial charge in [-0.1, -0.05) is 12.2 Å². The van der Waals surface area contributed by atoms with Crippen molar-refractivity contribution in [3.05, 3.63) is 23.3 Å². The van der Waals surface area contributed by atoms with E-state index >= 15 is 0 Å². The maximum absolute atomic E-state index is 11.1. The number of carboxylic acid groups (broad SMARTS) is 1. The summed E-state index contributed by atoms with van der Waals surface area (Å²) in [5.74, 6) is -1.56. The molecule has 0 aromatic heterocycles. The van der Waals surface area contributed by atoms with Crippen LogP contribution in [0.15, 0.2) is 23.3 Å². The third-order valence-corrected chi connectivity index (χ3v) is 1.74. The van der Waals surface area contributed by atoms with Gasteiger partial charge in [-0.05, 0) is 20.8 Å². The molecular weight excluding hydrogens is 184 g/mol. The quantitative estimate of drug-likeness (QED) is 0.549. The number of carbonyl (C=O) groups is 2. The van der Waals surface area contributed by atoms with Crippen LogP contribution >= 0.6 is 0 Å². The molecule has 14 heavy (non-hydrogen) atoms. The van der Waals surface area contributed by atoms with Gasteiger partial charge in [0.1, 0.15) is 6.61 Å². The second-order valence-electron chi connectivity index (χ2n) is 2.67. The zero-order valence-electron chi connectivity index (χ0n) is 8.53. The van der Waals surface area contributed by atoms with E-state index in [0.717, 1.165) is 0 Å². The Hall–Kier alpha value is -1.58. The largest absolute Gasteiger partial charge is 0.478 e. The van der Waals surface area contributed by atoms with E-state index in [1.54, 1.807) is 26.8 Å². The first kappa shape index (κ1) is 12.4. The van der Waals surface area contributed by atoms with Crippen molar-refractivity contribution in [2.75, 3.05) is 6.61 Å². The van der Waals surface area contributed by atoms with Crippen molar-refractivity contribution in [3.63, 3.8) is 0 Å². The molecule has 0 aromatic rings. The Morgan fingerprint density at radius 1 is 1.29 bits per heavy atom. The highest BCUT2D eigenvalue weighted by Crippen LogP contribution is 2.00. The monoisotopic (exact) mass is 198 g/mol. The molecule has 0 bridgehead atoms. The average Bonchev–Trinajstić information content (AvgIpc) is 2.16. The van der Waals surface area contributed by atoms with Gasteiger partial charge >= 0.3 is 11.9 Å². The van der Waals surface area contributed by atoms with Crippen LogP contribution in [-0.4, -0.2) is 23.7 Å². The Labute approximate surface area is 82.9 Å². The molecule has 1 N–H and O–H groups in total. The number of hydrogen-bond donors (Lipinski definition) is 1. The van der Waals surface area contributed by atoms with Gasteiger partial charge in [0.2, 0.25) is 0 Å². The van der Waals surface area contributed by atoms with Crippen molar-refractivity contribution in [3.8, 4) is 0 Å². The summed E-state index contributed by atoms with van der Waals surface area (Å²) in [5.41, 5.74) is 0.535. The van der Waals surface area contributed by atoms with Crippen LogP contribution in [0.25, 0.3) is 0 Å². The standard InChI is InChI=1S/C10H14O4/c1-4-7(3)10(13)14-6-8(5-2)9(11)12/h4-5H,6H2,1-3H3,(H,11,12)/b7-4-,8-5-. The van der Waals surface area contributed by atoms with Crippen molar-refractivity contribution in [2.45, 2.75) is 20.8 Å². The molecule has 0 radical (unpaired) electrons. The lowest BCUT2D eigenvalue weighted by atomic mass is 10.2. The summed E-state index contributed by atoms with van der Waals surface area (Å²) in [7, 11) is 0. The van der Waals surface area contributed by atoms with E-state index in [4.69, 9.17) is 9.84 Å². The molecule has 0 aliphatic rings. The molecule has 0 fully saturated rings. The molecule has 0 saturated heterocycles. The van der Waals surface area contributed by atoms with Crippen molar-refractivity contribution in [1.82, 2.24) is 0 Å². The van der Waals surface area contributed by atoms with Gasteiger partial charge in [-0.3, -0.25) is 0 Å². The van der Waals surface area contributed by atoms with Crippen LogP contribution in [0.1, 0.15) is 20.8 Å². The highest BCUT2D eigenvalue weighted by atomic mass is 16.5. The molecule has 0 atom stereocenters. The third kappa shape index (κ3) is 3.89. The summed E-state index contributed by atoms with van der Waals surface area (Å²) in [5, 5.41) is 8.61. The Bertz CT molecular complexity index is 286. The first-order valence-electron chi connectivity index (χ1n) is 4.21. The number of ether oxygens (including phenoxy) is 1. The molecule has 0 spiro atoms. The maximum Gasteiger partial charge on any atom is 0.334 e. The van der Waals surface area contributed by atoms with Crippen LogP contribution in [0.3, 0.4) is 0 Å². The first-order chi connectivity index (χ1) is 6.52. The van der Waals surface area contributed by atoms with Gasteiger partial charge in [-0.25, -0.2) is 9.59 Å². The fourth-order valence-electron chi connectivity index (χ4n) is 0.644. The molecule has 0 unspecified atom stereocenters. The van der Waals surface area contributed by atoms with Gasteiger partial charge in [0.25, 0.3) is 0 Å². The summed E-state index contributed by atoms with van der Waals surface area (Å²) in [6.07, 6.45) is 3.01. The molecular formula is C10H14O4. The van der Waals surface area contributed by atoms with Crippen molar-refractivity contribution < 1.29 is 19.4 Å². The van der Waals surface area contributed by atoms with Gasteiger partial charge in [0.15, 0.2) is 0 Å². The Morgan fingerprint density at radius 2 is 1.86 bits per heavy atom. The molecule has 0 aliphatic carbocycles. The number of carboxylic acids is 1. The topological polar surface area (TPSA) is 63.6 Å². The second-order valence-corrected chi connectivity index (χ2v) is 2.67. The highest BCUT2D eigenvalue weighted by molar-refractivity contribution is 5.90. The summed E-state index contributed by atoms with van der Waals surface area (Å²) in [4.78, 5) is 21.6. The predicted molar refractivity (Wildman–Crippen MR) is 51.8 cm³/mol. The van der Waals surface area contributed by atoms with E-state index < -0.39 is 11.9 Å². The zero-order chi connectivity index (χ0) is 11.1. The van der Waals surface area contributed by atoms with Crippen LogP contribution in [-0.2, 0) is 14.3 Å². The van der Waals surface area contributed by atoms with Crippen LogP contribution < -0.4 is 0 Å². The zero-order valence-corrected chi connectivity index (χ0v) is 8.53. The number of rotatable bonds is 4. The fraction of sp³-hybridized carbons (Fsp3) is 0.400. The van der Waals surface area contributed by atoms with E-state index in [1.165, 1.54) is 6.08 Å². The van der Waals surface area contributed by atoms with Gasteiger partial charge in [0, 0.05) is 5.57 Å². The lowest BCUT2D eigenvalue weighted by Crippen LogP contribution is -2.13. The van der Waals surface area contributed by atoms with Crippen molar-refractivity contribution in [1.29, 1.82) is 0 Å². The third-order valence-electron chi connectivity index (χ3n) is 1.74. The Morgan fingerprint density at radius 3 is 2.21 bits per heavy atom. The number of hydrogen-bond acceptors (Lipinski definition) is 3. The molecule has 0 rings (SSSR count). The lowest BCUT2D eigenvalue weighted by molar-refractivity contribution is -0.139. The Kier molecular flexibility index (Phi) is 5.29. The normalized spacial score (nSPS) is 12.5. The molecule has 0 heterocycles. The average molecular weight is 198 g/mol. The van der Waals surface area contributed by atoms with Gasteiger partial charge in [0.05, 0.1) is 5.57 Å². The van der Waals surface area contributed by atoms with E-state index in [1.807, 2.05) is 0 Å². The summed E-state index contributed by atoms with van der Waals surface area (Å²) in [6, 6.07) is 0. The van der Waals surface area contributed by atoms with Gasteiger partial charge < -0.3 is 9.84 Å². The number of esters is 1. The van der Waals surface area contributed by atoms with Crippen LogP contribution in [0.5, 0.6) is 0 Å². The molecule has 0 saturated carbocycles. The minimum Gasteiger partial charge on any atom is -0.478 e. The maximum atomic E-state index is 11.1. The fourth-order valence-corrected chi connectivity index (χ4v) is 0.644. The van der Waals surface area contributed by atoms with Crippen LogP contribution in [0.2, 0.25) is 0 Å². The second kappa shape index (κ2) is 5.96. The van der Waals surface area contributed by atoms with Gasteiger partial charge in [-0.15, -0.1) is 0 Å². The van der Waals surface area contributed by atoms with E-state index in [-0.39, 0.29) is 12.2 Å². The Balaban J connectivity index is 4.19. The van der Waals surface area contributed by atoms with E-state index in [9.17, 15) is 9.59 Å². The minimum atomic E-state index is -1.07. The summed E-state index contributed by atoms with van der Waals surface area (Å²) in [6.45, 7) is 4.71. The molecule has 4 heteroatoms. The van der Waals surface area contributed by atoms with E-state index in [2.05, 4.69) is 0 Å². The van der Waals surface area contributed by atoms with Crippen molar-refractivity contribution >= 4 is 11.9 Å².